The first-order valence-electron chi connectivity index (χ1n) is 4.71. The summed E-state index contributed by atoms with van der Waals surface area (Å²) in [7, 11) is 2.95. The van der Waals surface area contributed by atoms with Gasteiger partial charge in [-0.1, -0.05) is 12.1 Å². The van der Waals surface area contributed by atoms with E-state index in [1.54, 1.807) is 19.1 Å². The Morgan fingerprint density at radius 3 is 2.53 bits per heavy atom. The zero-order chi connectivity index (χ0) is 11.4. The van der Waals surface area contributed by atoms with Gasteiger partial charge in [-0.3, -0.25) is 0 Å². The average Bonchev–Trinajstić information content (AvgIpc) is 2.20. The van der Waals surface area contributed by atoms with E-state index in [9.17, 15) is 4.39 Å². The van der Waals surface area contributed by atoms with Crippen LogP contribution in [0.3, 0.4) is 0 Å². The molecule has 1 aromatic carbocycles. The molecule has 0 bridgehead atoms. The third-order valence-corrected chi connectivity index (χ3v) is 2.20. The van der Waals surface area contributed by atoms with E-state index in [2.05, 4.69) is 0 Å². The lowest BCUT2D eigenvalue weighted by atomic mass is 10.0. The fraction of sp³-hybridized carbons (Fsp3) is 0.455. The minimum Gasteiger partial charge on any atom is -0.493 e. The van der Waals surface area contributed by atoms with Crippen LogP contribution in [0.15, 0.2) is 12.1 Å². The fourth-order valence-corrected chi connectivity index (χ4v) is 1.44. The molecule has 0 amide bonds. The van der Waals surface area contributed by atoms with Gasteiger partial charge in [-0.25, -0.2) is 4.39 Å². The van der Waals surface area contributed by atoms with Crippen molar-refractivity contribution in [1.82, 2.24) is 0 Å². The Bertz CT molecular complexity index is 340. The Kier molecular flexibility index (Phi) is 4.05. The molecule has 1 rings (SSSR count). The molecule has 1 unspecified atom stereocenters. The molecule has 0 saturated heterocycles. The van der Waals surface area contributed by atoms with E-state index < -0.39 is 5.82 Å². The normalized spacial score (nSPS) is 12.6. The molecule has 3 nitrogen and oxygen atoms in total. The maximum absolute atomic E-state index is 13.8. The van der Waals surface area contributed by atoms with E-state index in [4.69, 9.17) is 15.2 Å². The first-order valence-corrected chi connectivity index (χ1v) is 4.71. The predicted octanol–water partition coefficient (Wildman–Crippen LogP) is 2.00. The Hall–Kier alpha value is -1.13. The largest absolute Gasteiger partial charge is 0.493 e. The predicted molar refractivity (Wildman–Crippen MR) is 56.3 cm³/mol. The van der Waals surface area contributed by atoms with E-state index >= 15 is 0 Å². The summed E-state index contributed by atoms with van der Waals surface area (Å²) in [5.41, 5.74) is 6.84. The molecule has 0 aliphatic rings. The third-order valence-electron chi connectivity index (χ3n) is 2.20. The second-order valence-electron chi connectivity index (χ2n) is 3.38. The Labute approximate surface area is 89.0 Å². The number of ether oxygens (including phenoxy) is 2. The summed E-state index contributed by atoms with van der Waals surface area (Å²) < 4.78 is 23.7. The monoisotopic (exact) mass is 213 g/mol. The highest BCUT2D eigenvalue weighted by molar-refractivity contribution is 5.40. The van der Waals surface area contributed by atoms with Gasteiger partial charge in [0.05, 0.1) is 13.7 Å². The smallest absolute Gasteiger partial charge is 0.170 e. The van der Waals surface area contributed by atoms with Gasteiger partial charge >= 0.3 is 0 Å². The zero-order valence-corrected chi connectivity index (χ0v) is 9.21. The second-order valence-corrected chi connectivity index (χ2v) is 3.38. The van der Waals surface area contributed by atoms with E-state index in [0.29, 0.717) is 11.1 Å². The van der Waals surface area contributed by atoms with Crippen LogP contribution < -0.4 is 10.5 Å². The highest BCUT2D eigenvalue weighted by Gasteiger charge is 2.15. The number of hydrogen-bond acceptors (Lipinski definition) is 3. The Balaban J connectivity index is 3.20. The van der Waals surface area contributed by atoms with Gasteiger partial charge in [0.1, 0.15) is 0 Å². The Morgan fingerprint density at radius 1 is 1.40 bits per heavy atom. The van der Waals surface area contributed by atoms with Crippen LogP contribution in [0, 0.1) is 5.82 Å². The number of methoxy groups -OCH3 is 2. The van der Waals surface area contributed by atoms with Crippen molar-refractivity contribution in [1.29, 1.82) is 0 Å². The molecule has 0 fully saturated rings. The number of nitrogens with two attached hydrogens (primary N) is 1. The van der Waals surface area contributed by atoms with Crippen molar-refractivity contribution >= 4 is 0 Å². The summed E-state index contributed by atoms with van der Waals surface area (Å²) in [6.07, 6.45) is 0. The number of benzene rings is 1. The van der Waals surface area contributed by atoms with Gasteiger partial charge < -0.3 is 15.2 Å². The molecule has 15 heavy (non-hydrogen) atoms. The van der Waals surface area contributed by atoms with Crippen LogP contribution >= 0.6 is 0 Å². The molecule has 0 saturated carbocycles. The maximum Gasteiger partial charge on any atom is 0.170 e. The van der Waals surface area contributed by atoms with Gasteiger partial charge in [-0.15, -0.1) is 0 Å². The zero-order valence-electron chi connectivity index (χ0n) is 9.21. The summed E-state index contributed by atoms with van der Waals surface area (Å²) >= 11 is 0. The van der Waals surface area contributed by atoms with Crippen molar-refractivity contribution in [2.24, 2.45) is 5.73 Å². The van der Waals surface area contributed by atoms with Crippen molar-refractivity contribution < 1.29 is 13.9 Å². The molecule has 0 aromatic heterocycles. The van der Waals surface area contributed by atoms with Crippen LogP contribution in [0.5, 0.6) is 5.75 Å². The minimum atomic E-state index is -0.394. The van der Waals surface area contributed by atoms with E-state index in [0.717, 1.165) is 0 Å². The van der Waals surface area contributed by atoms with Crippen LogP contribution in [0.4, 0.5) is 4.39 Å². The van der Waals surface area contributed by atoms with Gasteiger partial charge in [-0.05, 0) is 6.92 Å². The summed E-state index contributed by atoms with van der Waals surface area (Å²) in [6, 6.07) is 3.17. The molecule has 84 valence electrons. The quantitative estimate of drug-likeness (QED) is 0.832. The molecule has 0 spiro atoms. The first kappa shape index (κ1) is 11.9. The summed E-state index contributed by atoms with van der Waals surface area (Å²) in [5, 5.41) is 0. The summed E-state index contributed by atoms with van der Waals surface area (Å²) in [6.45, 7) is 2.01. The third kappa shape index (κ3) is 2.46. The van der Waals surface area contributed by atoms with E-state index in [-0.39, 0.29) is 18.4 Å². The maximum atomic E-state index is 13.8. The van der Waals surface area contributed by atoms with Crippen molar-refractivity contribution in [2.45, 2.75) is 19.6 Å². The number of rotatable bonds is 4. The standard InChI is InChI=1S/C11H16FNO2/c1-7(13)9-5-4-8(6-14-2)10(12)11(9)15-3/h4-5,7H,6,13H2,1-3H3. The van der Waals surface area contributed by atoms with Gasteiger partial charge in [0.15, 0.2) is 11.6 Å². The molecule has 0 aliphatic carbocycles. The van der Waals surface area contributed by atoms with E-state index in [1.807, 2.05) is 0 Å². The van der Waals surface area contributed by atoms with Gasteiger partial charge in [-0.2, -0.15) is 0 Å². The van der Waals surface area contributed by atoms with Crippen molar-refractivity contribution in [3.8, 4) is 5.75 Å². The lowest BCUT2D eigenvalue weighted by Crippen LogP contribution is -2.09. The van der Waals surface area contributed by atoms with Gasteiger partial charge in [0.25, 0.3) is 0 Å². The summed E-state index contributed by atoms with van der Waals surface area (Å²) in [5.74, 6) is -0.186. The molecular formula is C11H16FNO2. The van der Waals surface area contributed by atoms with Crippen LogP contribution in [-0.2, 0) is 11.3 Å². The SMILES string of the molecule is COCc1ccc(C(C)N)c(OC)c1F. The average molecular weight is 213 g/mol. The molecule has 0 aliphatic heterocycles. The topological polar surface area (TPSA) is 44.5 Å². The van der Waals surface area contributed by atoms with Crippen molar-refractivity contribution in [2.75, 3.05) is 14.2 Å². The van der Waals surface area contributed by atoms with Gasteiger partial charge in [0, 0.05) is 24.3 Å². The number of hydrogen-bond donors (Lipinski definition) is 1. The minimum absolute atomic E-state index is 0.208. The molecule has 2 N–H and O–H groups in total. The Morgan fingerprint density at radius 2 is 2.07 bits per heavy atom. The number of halogens is 1. The lowest BCUT2D eigenvalue weighted by Gasteiger charge is -2.14. The second kappa shape index (κ2) is 5.09. The molecule has 1 atom stereocenters. The van der Waals surface area contributed by atoms with Crippen LogP contribution in [-0.4, -0.2) is 14.2 Å². The molecule has 0 radical (unpaired) electrons. The lowest BCUT2D eigenvalue weighted by molar-refractivity contribution is 0.180. The van der Waals surface area contributed by atoms with Gasteiger partial charge in [0.2, 0.25) is 0 Å². The highest BCUT2D eigenvalue weighted by atomic mass is 19.1. The molecule has 1 aromatic rings. The highest BCUT2D eigenvalue weighted by Crippen LogP contribution is 2.29. The van der Waals surface area contributed by atoms with E-state index in [1.165, 1.54) is 14.2 Å². The molecular weight excluding hydrogens is 197 g/mol. The summed E-state index contributed by atoms with van der Waals surface area (Å²) in [4.78, 5) is 0. The van der Waals surface area contributed by atoms with Crippen LogP contribution in [0.2, 0.25) is 0 Å². The first-order chi connectivity index (χ1) is 7.11. The molecule has 4 heteroatoms. The van der Waals surface area contributed by atoms with Crippen LogP contribution in [0.25, 0.3) is 0 Å². The fourth-order valence-electron chi connectivity index (χ4n) is 1.44. The van der Waals surface area contributed by atoms with Crippen molar-refractivity contribution in [3.63, 3.8) is 0 Å². The van der Waals surface area contributed by atoms with Crippen LogP contribution in [0.1, 0.15) is 24.1 Å². The molecule has 0 heterocycles. The van der Waals surface area contributed by atoms with Crippen molar-refractivity contribution in [3.05, 3.63) is 29.1 Å².